The number of benzene rings is 1. The van der Waals surface area contributed by atoms with E-state index in [4.69, 9.17) is 4.74 Å². The second-order valence-corrected chi connectivity index (χ2v) is 6.87. The Morgan fingerprint density at radius 2 is 1.95 bits per heavy atom. The summed E-state index contributed by atoms with van der Waals surface area (Å²) in [6.07, 6.45) is 3.74. The van der Waals surface area contributed by atoms with Gasteiger partial charge in [-0.3, -0.25) is 4.79 Å². The molecule has 1 aromatic carbocycles. The van der Waals surface area contributed by atoms with E-state index in [2.05, 4.69) is 35.3 Å². The minimum atomic E-state index is -0.327. The molecule has 4 rings (SSSR count). The molecular formula is C18H24N2O2. The Morgan fingerprint density at radius 1 is 1.23 bits per heavy atom. The summed E-state index contributed by atoms with van der Waals surface area (Å²) in [6, 6.07) is 6.89. The van der Waals surface area contributed by atoms with Gasteiger partial charge in [-0.25, -0.2) is 0 Å². The van der Waals surface area contributed by atoms with Crippen LogP contribution in [-0.2, 0) is 14.9 Å². The minimum Gasteiger partial charge on any atom is -0.381 e. The number of aryl methyl sites for hydroxylation is 1. The molecule has 118 valence electrons. The van der Waals surface area contributed by atoms with Gasteiger partial charge in [-0.05, 0) is 62.9 Å². The van der Waals surface area contributed by atoms with Crippen LogP contribution in [0.2, 0.25) is 0 Å². The summed E-state index contributed by atoms with van der Waals surface area (Å²) >= 11 is 0. The van der Waals surface area contributed by atoms with Gasteiger partial charge >= 0.3 is 0 Å². The molecular weight excluding hydrogens is 276 g/mol. The highest BCUT2D eigenvalue weighted by atomic mass is 16.5. The number of ether oxygens (including phenoxy) is 1. The largest absolute Gasteiger partial charge is 0.381 e. The predicted molar refractivity (Wildman–Crippen MR) is 86.3 cm³/mol. The molecule has 0 bridgehead atoms. The van der Waals surface area contributed by atoms with E-state index in [0.29, 0.717) is 25.2 Å². The minimum absolute atomic E-state index is 0.323. The quantitative estimate of drug-likeness (QED) is 0.864. The van der Waals surface area contributed by atoms with Crippen LogP contribution in [-0.4, -0.2) is 38.3 Å². The number of amides is 1. The summed E-state index contributed by atoms with van der Waals surface area (Å²) < 4.78 is 5.54. The third kappa shape index (κ3) is 2.01. The summed E-state index contributed by atoms with van der Waals surface area (Å²) in [6.45, 7) is 5.51. The Morgan fingerprint density at radius 3 is 2.68 bits per heavy atom. The number of carbonyl (C=O) groups excluding carboxylic acids is 1. The van der Waals surface area contributed by atoms with E-state index in [1.54, 1.807) is 0 Å². The highest BCUT2D eigenvalue weighted by molar-refractivity contribution is 6.08. The van der Waals surface area contributed by atoms with Crippen LogP contribution < -0.4 is 10.2 Å². The lowest BCUT2D eigenvalue weighted by Gasteiger charge is -2.36. The molecule has 1 spiro atoms. The maximum Gasteiger partial charge on any atom is 0.238 e. The molecule has 1 N–H and O–H groups in total. The third-order valence-corrected chi connectivity index (χ3v) is 5.58. The van der Waals surface area contributed by atoms with Crippen molar-refractivity contribution in [2.45, 2.75) is 44.1 Å². The molecule has 0 saturated carbocycles. The average Bonchev–Trinajstić information content (AvgIpc) is 2.77. The molecule has 2 saturated heterocycles. The van der Waals surface area contributed by atoms with Crippen LogP contribution in [0.5, 0.6) is 0 Å². The van der Waals surface area contributed by atoms with E-state index in [1.165, 1.54) is 16.8 Å². The number of fused-ring (bicyclic) bond motifs is 2. The molecule has 0 radical (unpaired) electrons. The molecule has 0 aromatic heterocycles. The number of anilines is 1. The number of nitrogens with zero attached hydrogens (tertiary/aromatic N) is 1. The van der Waals surface area contributed by atoms with Gasteiger partial charge in [-0.2, -0.15) is 0 Å². The number of carbonyl (C=O) groups is 1. The summed E-state index contributed by atoms with van der Waals surface area (Å²) in [4.78, 5) is 15.5. The second kappa shape index (κ2) is 5.36. The van der Waals surface area contributed by atoms with E-state index in [9.17, 15) is 4.79 Å². The highest BCUT2D eigenvalue weighted by Crippen LogP contribution is 2.49. The Bertz CT molecular complexity index is 587. The number of piperidine rings is 1. The topological polar surface area (TPSA) is 41.6 Å². The van der Waals surface area contributed by atoms with Crippen LogP contribution in [0.25, 0.3) is 0 Å². The first kappa shape index (κ1) is 14.2. The molecule has 3 aliphatic heterocycles. The molecule has 4 heteroatoms. The summed E-state index contributed by atoms with van der Waals surface area (Å²) in [5, 5.41) is 3.40. The van der Waals surface area contributed by atoms with Crippen molar-refractivity contribution in [1.82, 2.24) is 5.32 Å². The van der Waals surface area contributed by atoms with Crippen molar-refractivity contribution in [3.05, 3.63) is 29.3 Å². The first-order chi connectivity index (χ1) is 10.7. The van der Waals surface area contributed by atoms with Crippen LogP contribution in [0.3, 0.4) is 0 Å². The molecule has 0 aliphatic carbocycles. The number of nitrogens with one attached hydrogen (secondary N) is 1. The summed E-state index contributed by atoms with van der Waals surface area (Å²) in [7, 11) is 0. The average molecular weight is 300 g/mol. The number of hydrogen-bond acceptors (Lipinski definition) is 3. The van der Waals surface area contributed by atoms with E-state index >= 15 is 0 Å². The first-order valence-electron chi connectivity index (χ1n) is 8.46. The van der Waals surface area contributed by atoms with Crippen LogP contribution >= 0.6 is 0 Å². The predicted octanol–water partition coefficient (Wildman–Crippen LogP) is 2.14. The Hall–Kier alpha value is -1.39. The molecule has 0 atom stereocenters. The number of hydrogen-bond donors (Lipinski definition) is 1. The fraction of sp³-hybridized carbons (Fsp3) is 0.611. The molecule has 4 nitrogen and oxygen atoms in total. The van der Waals surface area contributed by atoms with Gasteiger partial charge in [0.2, 0.25) is 5.91 Å². The Labute approximate surface area is 131 Å². The monoisotopic (exact) mass is 300 g/mol. The zero-order valence-corrected chi connectivity index (χ0v) is 13.2. The fourth-order valence-corrected chi connectivity index (χ4v) is 4.33. The molecule has 3 heterocycles. The molecule has 3 aliphatic rings. The van der Waals surface area contributed by atoms with Gasteiger partial charge < -0.3 is 15.0 Å². The highest BCUT2D eigenvalue weighted by Gasteiger charge is 2.52. The van der Waals surface area contributed by atoms with Crippen molar-refractivity contribution in [2.75, 3.05) is 31.2 Å². The SMILES string of the molecule is Cc1ccc2c(c1)N(C1CCNCC1)C(=O)C21CCOCC1. The summed E-state index contributed by atoms with van der Waals surface area (Å²) in [5.41, 5.74) is 3.31. The second-order valence-electron chi connectivity index (χ2n) is 6.87. The van der Waals surface area contributed by atoms with Crippen molar-refractivity contribution >= 4 is 11.6 Å². The van der Waals surface area contributed by atoms with Crippen LogP contribution in [0.15, 0.2) is 18.2 Å². The van der Waals surface area contributed by atoms with E-state index < -0.39 is 0 Å². The van der Waals surface area contributed by atoms with Gasteiger partial charge in [-0.1, -0.05) is 12.1 Å². The van der Waals surface area contributed by atoms with Gasteiger partial charge in [0, 0.05) is 24.9 Å². The van der Waals surface area contributed by atoms with Gasteiger partial charge in [0.15, 0.2) is 0 Å². The van der Waals surface area contributed by atoms with Gasteiger partial charge in [0.25, 0.3) is 0 Å². The van der Waals surface area contributed by atoms with Crippen LogP contribution in [0.4, 0.5) is 5.69 Å². The van der Waals surface area contributed by atoms with Crippen molar-refractivity contribution in [2.24, 2.45) is 0 Å². The van der Waals surface area contributed by atoms with E-state index in [0.717, 1.165) is 38.8 Å². The molecule has 2 fully saturated rings. The smallest absolute Gasteiger partial charge is 0.238 e. The maximum absolute atomic E-state index is 13.4. The lowest BCUT2D eigenvalue weighted by Crippen LogP contribution is -2.50. The van der Waals surface area contributed by atoms with Crippen molar-refractivity contribution in [3.8, 4) is 0 Å². The lowest BCUT2D eigenvalue weighted by molar-refractivity contribution is -0.127. The normalized spacial score (nSPS) is 24.8. The zero-order chi connectivity index (χ0) is 15.2. The molecule has 0 unspecified atom stereocenters. The van der Waals surface area contributed by atoms with Crippen molar-refractivity contribution in [3.63, 3.8) is 0 Å². The first-order valence-corrected chi connectivity index (χ1v) is 8.46. The fourth-order valence-electron chi connectivity index (χ4n) is 4.33. The lowest BCUT2D eigenvalue weighted by atomic mass is 9.75. The number of rotatable bonds is 1. The van der Waals surface area contributed by atoms with E-state index in [1.807, 2.05) is 0 Å². The summed E-state index contributed by atoms with van der Waals surface area (Å²) in [5.74, 6) is 0.323. The Kier molecular flexibility index (Phi) is 3.46. The van der Waals surface area contributed by atoms with Crippen LogP contribution in [0, 0.1) is 6.92 Å². The third-order valence-electron chi connectivity index (χ3n) is 5.58. The van der Waals surface area contributed by atoms with E-state index in [-0.39, 0.29) is 5.41 Å². The van der Waals surface area contributed by atoms with Gasteiger partial charge in [0.05, 0.1) is 5.41 Å². The zero-order valence-electron chi connectivity index (χ0n) is 13.2. The van der Waals surface area contributed by atoms with Gasteiger partial charge in [0.1, 0.15) is 0 Å². The molecule has 1 amide bonds. The van der Waals surface area contributed by atoms with Gasteiger partial charge in [-0.15, -0.1) is 0 Å². The van der Waals surface area contributed by atoms with Crippen molar-refractivity contribution in [1.29, 1.82) is 0 Å². The molecule has 22 heavy (non-hydrogen) atoms. The van der Waals surface area contributed by atoms with Crippen molar-refractivity contribution < 1.29 is 9.53 Å². The molecule has 1 aromatic rings. The maximum atomic E-state index is 13.4. The standard InChI is InChI=1S/C18H24N2O2/c1-13-2-3-15-16(12-13)20(14-4-8-19-9-5-14)17(21)18(15)6-10-22-11-7-18/h2-3,12,14,19H,4-11H2,1H3. The Balaban J connectivity index is 1.80. The van der Waals surface area contributed by atoms with Crippen LogP contribution in [0.1, 0.15) is 36.8 Å².